The lowest BCUT2D eigenvalue weighted by Gasteiger charge is -2.19. The van der Waals surface area contributed by atoms with Crippen molar-refractivity contribution in [2.24, 2.45) is 0 Å². The number of imidazole rings is 1. The van der Waals surface area contributed by atoms with Gasteiger partial charge in [-0.05, 0) is 51.5 Å². The maximum Gasteiger partial charge on any atom is 0.263 e. The van der Waals surface area contributed by atoms with Crippen molar-refractivity contribution >= 4 is 45.0 Å². The summed E-state index contributed by atoms with van der Waals surface area (Å²) in [5.74, 6) is 2.05. The van der Waals surface area contributed by atoms with Gasteiger partial charge in [-0.2, -0.15) is 0 Å². The average Bonchev–Trinajstić information content (AvgIpc) is 3.44. The lowest BCUT2D eigenvalue weighted by atomic mass is 10.2. The SMILES string of the molecule is CCOc1ccc2nc(N(CCCn3ccnc3)C(=O)c3cc(C)oc3C)sc2c1.Cl. The van der Waals surface area contributed by atoms with Crippen molar-refractivity contribution in [3.8, 4) is 5.75 Å². The van der Waals surface area contributed by atoms with Gasteiger partial charge in [0.1, 0.15) is 17.3 Å². The second kappa shape index (κ2) is 9.98. The first kappa shape index (κ1) is 22.8. The molecule has 0 spiro atoms. The minimum Gasteiger partial charge on any atom is -0.494 e. The van der Waals surface area contributed by atoms with Gasteiger partial charge in [-0.1, -0.05) is 11.3 Å². The monoisotopic (exact) mass is 460 g/mol. The van der Waals surface area contributed by atoms with Crippen LogP contribution < -0.4 is 9.64 Å². The number of anilines is 1. The van der Waals surface area contributed by atoms with Gasteiger partial charge >= 0.3 is 0 Å². The van der Waals surface area contributed by atoms with E-state index in [9.17, 15) is 4.79 Å². The number of aromatic nitrogens is 3. The summed E-state index contributed by atoms with van der Waals surface area (Å²) in [6, 6.07) is 7.61. The van der Waals surface area contributed by atoms with Crippen LogP contribution in [-0.2, 0) is 6.54 Å². The summed E-state index contributed by atoms with van der Waals surface area (Å²) >= 11 is 1.49. The average molecular weight is 461 g/mol. The second-order valence-electron chi connectivity index (χ2n) is 7.00. The Morgan fingerprint density at radius 1 is 1.29 bits per heavy atom. The summed E-state index contributed by atoms with van der Waals surface area (Å²) in [5, 5.41) is 0.674. The Labute approximate surface area is 191 Å². The maximum atomic E-state index is 13.4. The molecule has 0 fully saturated rings. The Kier molecular flexibility index (Phi) is 7.35. The number of aryl methyl sites for hydroxylation is 3. The summed E-state index contributed by atoms with van der Waals surface area (Å²) in [6.07, 6.45) is 6.23. The predicted octanol–water partition coefficient (Wildman–Crippen LogP) is 5.26. The highest BCUT2D eigenvalue weighted by molar-refractivity contribution is 7.22. The first-order valence-corrected chi connectivity index (χ1v) is 10.7. The summed E-state index contributed by atoms with van der Waals surface area (Å²) in [7, 11) is 0. The molecule has 0 bridgehead atoms. The summed E-state index contributed by atoms with van der Waals surface area (Å²) in [6.45, 7) is 7.54. The van der Waals surface area contributed by atoms with Crippen LogP contribution in [0.1, 0.15) is 35.2 Å². The van der Waals surface area contributed by atoms with Crippen molar-refractivity contribution in [3.05, 3.63) is 60.1 Å². The van der Waals surface area contributed by atoms with Crippen molar-refractivity contribution in [2.45, 2.75) is 33.7 Å². The smallest absolute Gasteiger partial charge is 0.263 e. The molecule has 164 valence electrons. The van der Waals surface area contributed by atoms with E-state index in [4.69, 9.17) is 14.1 Å². The molecule has 0 saturated carbocycles. The fourth-order valence-corrected chi connectivity index (χ4v) is 4.39. The minimum atomic E-state index is -0.0981. The third-order valence-corrected chi connectivity index (χ3v) is 5.81. The van der Waals surface area contributed by atoms with Gasteiger partial charge in [-0.15, -0.1) is 12.4 Å². The Morgan fingerprint density at radius 3 is 2.81 bits per heavy atom. The van der Waals surface area contributed by atoms with Crippen LogP contribution in [0.4, 0.5) is 5.13 Å². The van der Waals surface area contributed by atoms with E-state index in [0.29, 0.717) is 29.6 Å². The van der Waals surface area contributed by atoms with Crippen LogP contribution in [0.15, 0.2) is 47.4 Å². The number of benzene rings is 1. The number of hydrogen-bond donors (Lipinski definition) is 0. The second-order valence-corrected chi connectivity index (χ2v) is 8.01. The third-order valence-electron chi connectivity index (χ3n) is 4.76. The Balaban J connectivity index is 0.00000272. The molecular weight excluding hydrogens is 436 g/mol. The number of nitrogens with zero attached hydrogens (tertiary/aromatic N) is 4. The van der Waals surface area contributed by atoms with Crippen LogP contribution in [0.5, 0.6) is 5.75 Å². The first-order chi connectivity index (χ1) is 14.5. The van der Waals surface area contributed by atoms with Crippen molar-refractivity contribution in [1.82, 2.24) is 14.5 Å². The lowest BCUT2D eigenvalue weighted by Crippen LogP contribution is -2.32. The van der Waals surface area contributed by atoms with Gasteiger partial charge in [0.2, 0.25) is 0 Å². The number of furan rings is 1. The first-order valence-electron chi connectivity index (χ1n) is 9.93. The Morgan fingerprint density at radius 2 is 2.13 bits per heavy atom. The number of thiazole rings is 1. The van der Waals surface area contributed by atoms with Gasteiger partial charge in [0.25, 0.3) is 5.91 Å². The van der Waals surface area contributed by atoms with Crippen molar-refractivity contribution in [1.29, 1.82) is 0 Å². The van der Waals surface area contributed by atoms with Crippen LogP contribution in [0, 0.1) is 13.8 Å². The standard InChI is InChI=1S/C22H24N4O3S.ClH/c1-4-28-17-6-7-19-20(13-17)30-22(24-19)26(10-5-9-25-11-8-23-14-25)21(27)18-12-15(2)29-16(18)3;/h6-8,11-14H,4-5,9-10H2,1-3H3;1H. The van der Waals surface area contributed by atoms with Crippen LogP contribution in [0.25, 0.3) is 10.2 Å². The van der Waals surface area contributed by atoms with Gasteiger partial charge in [-0.25, -0.2) is 9.97 Å². The fourth-order valence-electron chi connectivity index (χ4n) is 3.37. The molecular formula is C22H25ClN4O3S. The van der Waals surface area contributed by atoms with Crippen LogP contribution >= 0.6 is 23.7 Å². The molecule has 0 unspecified atom stereocenters. The molecule has 9 heteroatoms. The van der Waals surface area contributed by atoms with E-state index in [0.717, 1.165) is 34.7 Å². The molecule has 0 aliphatic heterocycles. The Bertz CT molecular complexity index is 1150. The lowest BCUT2D eigenvalue weighted by molar-refractivity contribution is 0.0985. The fraction of sp³-hybridized carbons (Fsp3) is 0.318. The maximum absolute atomic E-state index is 13.4. The highest BCUT2D eigenvalue weighted by Crippen LogP contribution is 2.33. The van der Waals surface area contributed by atoms with Crippen molar-refractivity contribution < 1.29 is 13.9 Å². The van der Waals surface area contributed by atoms with Crippen LogP contribution in [0.3, 0.4) is 0 Å². The van der Waals surface area contributed by atoms with Crippen molar-refractivity contribution in [3.63, 3.8) is 0 Å². The normalized spacial score (nSPS) is 10.8. The summed E-state index contributed by atoms with van der Waals surface area (Å²) in [4.78, 5) is 24.0. The van der Waals surface area contributed by atoms with Gasteiger partial charge in [-0.3, -0.25) is 9.69 Å². The van der Waals surface area contributed by atoms with Crippen molar-refractivity contribution in [2.75, 3.05) is 18.1 Å². The molecule has 4 aromatic rings. The van der Waals surface area contributed by atoms with Gasteiger partial charge in [0.05, 0.1) is 28.7 Å². The van der Waals surface area contributed by atoms with E-state index >= 15 is 0 Å². The van der Waals surface area contributed by atoms with Gasteiger partial charge in [0.15, 0.2) is 5.13 Å². The molecule has 1 aromatic carbocycles. The topological polar surface area (TPSA) is 73.4 Å². The molecule has 3 aromatic heterocycles. The summed E-state index contributed by atoms with van der Waals surface area (Å²) in [5.41, 5.74) is 1.43. The zero-order valence-corrected chi connectivity index (χ0v) is 19.3. The molecule has 0 radical (unpaired) electrons. The van der Waals surface area contributed by atoms with Gasteiger partial charge in [0, 0.05) is 25.5 Å². The highest BCUT2D eigenvalue weighted by atomic mass is 35.5. The molecule has 0 aliphatic rings. The highest BCUT2D eigenvalue weighted by Gasteiger charge is 2.24. The van der Waals surface area contributed by atoms with E-state index in [2.05, 4.69) is 4.98 Å². The number of halogens is 1. The zero-order chi connectivity index (χ0) is 21.1. The Hall–Kier alpha value is -2.84. The molecule has 0 atom stereocenters. The molecule has 4 rings (SSSR count). The number of carbonyl (C=O) groups excluding carboxylic acids is 1. The zero-order valence-electron chi connectivity index (χ0n) is 17.7. The molecule has 0 saturated heterocycles. The van der Waals surface area contributed by atoms with Crippen LogP contribution in [0.2, 0.25) is 0 Å². The third kappa shape index (κ3) is 5.08. The molecule has 1 amide bonds. The van der Waals surface area contributed by atoms with Crippen LogP contribution in [-0.4, -0.2) is 33.6 Å². The largest absolute Gasteiger partial charge is 0.494 e. The number of carbonyl (C=O) groups is 1. The van der Waals surface area contributed by atoms with E-state index in [1.807, 2.05) is 49.7 Å². The quantitative estimate of drug-likeness (QED) is 0.358. The minimum absolute atomic E-state index is 0. The predicted molar refractivity (Wildman–Crippen MR) is 125 cm³/mol. The molecule has 3 heterocycles. The summed E-state index contributed by atoms with van der Waals surface area (Å²) < 4.78 is 14.2. The van der Waals surface area contributed by atoms with E-state index in [-0.39, 0.29) is 18.3 Å². The molecule has 7 nitrogen and oxygen atoms in total. The van der Waals surface area contributed by atoms with E-state index in [1.54, 1.807) is 23.5 Å². The van der Waals surface area contributed by atoms with E-state index in [1.165, 1.54) is 11.3 Å². The number of hydrogen-bond acceptors (Lipinski definition) is 6. The number of rotatable bonds is 8. The molecule has 0 aliphatic carbocycles. The van der Waals surface area contributed by atoms with E-state index < -0.39 is 0 Å². The number of ether oxygens (including phenoxy) is 1. The number of amides is 1. The molecule has 0 N–H and O–H groups in total. The molecule has 31 heavy (non-hydrogen) atoms. The van der Waals surface area contributed by atoms with Gasteiger partial charge < -0.3 is 13.7 Å². The number of fused-ring (bicyclic) bond motifs is 1.